The number of hydrogen-bond acceptors (Lipinski definition) is 3. The van der Waals surface area contributed by atoms with Crippen LogP contribution in [0.2, 0.25) is 0 Å². The average molecular weight is 299 g/mol. The number of thiazole rings is 1. The number of nitrogens with zero attached hydrogens (tertiary/aromatic N) is 1. The highest BCUT2D eigenvalue weighted by Gasteiger charge is 2.15. The van der Waals surface area contributed by atoms with E-state index < -0.39 is 0 Å². The van der Waals surface area contributed by atoms with Crippen molar-refractivity contribution in [2.24, 2.45) is 0 Å². The second kappa shape index (κ2) is 5.37. The second-order valence-corrected chi connectivity index (χ2v) is 6.28. The van der Waals surface area contributed by atoms with Crippen LogP contribution in [0.25, 0.3) is 10.8 Å². The standard InChI is InChI=1S/C17H14FNOS/c1-10-11(2)21-17(19-10)9-16(20)14-7-8-15(18)13-6-4-3-5-12(13)14/h3-8H,9H2,1-2H3. The quantitative estimate of drug-likeness (QED) is 0.668. The number of rotatable bonds is 3. The Bertz CT molecular complexity index is 818. The lowest BCUT2D eigenvalue weighted by Gasteiger charge is -2.05. The molecule has 0 saturated carbocycles. The first-order valence-electron chi connectivity index (χ1n) is 6.69. The lowest BCUT2D eigenvalue weighted by molar-refractivity contribution is 0.0994. The Balaban J connectivity index is 2.00. The number of hydrogen-bond donors (Lipinski definition) is 0. The number of halogens is 1. The maximum absolute atomic E-state index is 13.8. The van der Waals surface area contributed by atoms with E-state index in [0.717, 1.165) is 15.6 Å². The number of fused-ring (bicyclic) bond motifs is 1. The Morgan fingerprint density at radius 3 is 2.52 bits per heavy atom. The SMILES string of the molecule is Cc1nc(CC(=O)c2ccc(F)c3ccccc23)sc1C. The molecule has 4 heteroatoms. The van der Waals surface area contributed by atoms with Crippen LogP contribution < -0.4 is 0 Å². The van der Waals surface area contributed by atoms with E-state index in [0.29, 0.717) is 16.3 Å². The van der Waals surface area contributed by atoms with E-state index in [1.807, 2.05) is 19.9 Å². The summed E-state index contributed by atoms with van der Waals surface area (Å²) in [6, 6.07) is 9.98. The average Bonchev–Trinajstić information content (AvgIpc) is 2.77. The molecule has 0 fully saturated rings. The molecule has 1 aromatic heterocycles. The molecule has 3 aromatic rings. The minimum absolute atomic E-state index is 0.0278. The Labute approximate surface area is 126 Å². The molecule has 3 rings (SSSR count). The highest BCUT2D eigenvalue weighted by atomic mass is 32.1. The fourth-order valence-corrected chi connectivity index (χ4v) is 3.29. The Kier molecular flexibility index (Phi) is 3.55. The van der Waals surface area contributed by atoms with E-state index in [2.05, 4.69) is 4.98 Å². The van der Waals surface area contributed by atoms with Crippen LogP contribution in [0.1, 0.15) is 25.9 Å². The van der Waals surface area contributed by atoms with E-state index in [1.165, 1.54) is 17.4 Å². The zero-order chi connectivity index (χ0) is 15.0. The predicted octanol–water partition coefficient (Wildman–Crippen LogP) is 4.48. The van der Waals surface area contributed by atoms with Crippen LogP contribution in [0.3, 0.4) is 0 Å². The number of carbonyl (C=O) groups is 1. The van der Waals surface area contributed by atoms with Crippen molar-refractivity contribution in [3.05, 3.63) is 63.4 Å². The van der Waals surface area contributed by atoms with E-state index in [1.54, 1.807) is 24.3 Å². The number of carbonyl (C=O) groups excluding carboxylic acids is 1. The van der Waals surface area contributed by atoms with Crippen molar-refractivity contribution in [3.63, 3.8) is 0 Å². The molecule has 2 nitrogen and oxygen atoms in total. The zero-order valence-electron chi connectivity index (χ0n) is 11.8. The van der Waals surface area contributed by atoms with E-state index in [4.69, 9.17) is 0 Å². The van der Waals surface area contributed by atoms with E-state index >= 15 is 0 Å². The molecule has 106 valence electrons. The number of aromatic nitrogens is 1. The Morgan fingerprint density at radius 1 is 1.14 bits per heavy atom. The van der Waals surface area contributed by atoms with Crippen LogP contribution in [0.5, 0.6) is 0 Å². The minimum atomic E-state index is -0.303. The van der Waals surface area contributed by atoms with Gasteiger partial charge in [0, 0.05) is 15.8 Å². The van der Waals surface area contributed by atoms with Crippen LogP contribution in [0, 0.1) is 19.7 Å². The summed E-state index contributed by atoms with van der Waals surface area (Å²) in [5.74, 6) is -0.331. The van der Waals surface area contributed by atoms with E-state index in [9.17, 15) is 9.18 Å². The third kappa shape index (κ3) is 2.59. The molecular weight excluding hydrogens is 285 g/mol. The van der Waals surface area contributed by atoms with Gasteiger partial charge in [-0.05, 0) is 31.4 Å². The number of aryl methyl sites for hydroxylation is 2. The summed E-state index contributed by atoms with van der Waals surface area (Å²) in [5.41, 5.74) is 1.52. The highest BCUT2D eigenvalue weighted by Crippen LogP contribution is 2.24. The predicted molar refractivity (Wildman–Crippen MR) is 83.5 cm³/mol. The second-order valence-electron chi connectivity index (χ2n) is 4.99. The van der Waals surface area contributed by atoms with Crippen molar-refractivity contribution in [1.29, 1.82) is 0 Å². The molecule has 0 aliphatic carbocycles. The van der Waals surface area contributed by atoms with E-state index in [-0.39, 0.29) is 18.0 Å². The van der Waals surface area contributed by atoms with Gasteiger partial charge < -0.3 is 0 Å². The summed E-state index contributed by atoms with van der Waals surface area (Å²) in [7, 11) is 0. The van der Waals surface area contributed by atoms with Gasteiger partial charge in [0.2, 0.25) is 0 Å². The third-order valence-corrected chi connectivity index (χ3v) is 4.63. The molecule has 0 aliphatic rings. The summed E-state index contributed by atoms with van der Waals surface area (Å²) in [5, 5.41) is 1.95. The van der Waals surface area contributed by atoms with Crippen LogP contribution in [-0.4, -0.2) is 10.8 Å². The first-order chi connectivity index (χ1) is 10.1. The summed E-state index contributed by atoms with van der Waals surface area (Å²) in [6.45, 7) is 3.93. The van der Waals surface area contributed by atoms with Crippen LogP contribution >= 0.6 is 11.3 Å². The van der Waals surface area contributed by atoms with Crippen molar-refractivity contribution in [2.75, 3.05) is 0 Å². The minimum Gasteiger partial charge on any atom is -0.294 e. The fourth-order valence-electron chi connectivity index (χ4n) is 2.35. The Morgan fingerprint density at radius 2 is 1.86 bits per heavy atom. The monoisotopic (exact) mass is 299 g/mol. The molecule has 2 aromatic carbocycles. The van der Waals surface area contributed by atoms with Gasteiger partial charge in [-0.3, -0.25) is 4.79 Å². The first-order valence-corrected chi connectivity index (χ1v) is 7.51. The van der Waals surface area contributed by atoms with Crippen LogP contribution in [0.15, 0.2) is 36.4 Å². The van der Waals surface area contributed by atoms with Crippen molar-refractivity contribution >= 4 is 27.9 Å². The molecule has 0 amide bonds. The van der Waals surface area contributed by atoms with Gasteiger partial charge in [-0.2, -0.15) is 0 Å². The van der Waals surface area contributed by atoms with Gasteiger partial charge in [-0.1, -0.05) is 24.3 Å². The van der Waals surface area contributed by atoms with Gasteiger partial charge >= 0.3 is 0 Å². The van der Waals surface area contributed by atoms with Gasteiger partial charge in [0.1, 0.15) is 10.8 Å². The van der Waals surface area contributed by atoms with Gasteiger partial charge in [0.25, 0.3) is 0 Å². The van der Waals surface area contributed by atoms with Crippen LogP contribution in [0.4, 0.5) is 4.39 Å². The molecule has 0 aliphatic heterocycles. The number of Topliss-reactive ketones (excluding diaryl/α,β-unsaturated/α-hetero) is 1. The molecule has 0 spiro atoms. The van der Waals surface area contributed by atoms with Gasteiger partial charge in [-0.15, -0.1) is 11.3 Å². The number of ketones is 1. The molecule has 0 atom stereocenters. The molecule has 0 radical (unpaired) electrons. The maximum Gasteiger partial charge on any atom is 0.170 e. The third-order valence-electron chi connectivity index (χ3n) is 3.56. The summed E-state index contributed by atoms with van der Waals surface area (Å²) in [6.07, 6.45) is 0.259. The summed E-state index contributed by atoms with van der Waals surface area (Å²) >= 11 is 1.54. The molecule has 21 heavy (non-hydrogen) atoms. The first kappa shape index (κ1) is 13.9. The Hall–Kier alpha value is -2.07. The molecular formula is C17H14FNOS. The van der Waals surface area contributed by atoms with Gasteiger partial charge in [0.05, 0.1) is 12.1 Å². The summed E-state index contributed by atoms with van der Waals surface area (Å²) in [4.78, 5) is 18.0. The maximum atomic E-state index is 13.8. The lowest BCUT2D eigenvalue weighted by Crippen LogP contribution is -2.04. The lowest BCUT2D eigenvalue weighted by atomic mass is 9.99. The van der Waals surface area contributed by atoms with Crippen molar-refractivity contribution < 1.29 is 9.18 Å². The van der Waals surface area contributed by atoms with Crippen molar-refractivity contribution in [2.45, 2.75) is 20.3 Å². The number of benzene rings is 2. The normalized spacial score (nSPS) is 11.0. The zero-order valence-corrected chi connectivity index (χ0v) is 12.6. The molecule has 0 bridgehead atoms. The van der Waals surface area contributed by atoms with Crippen LogP contribution in [-0.2, 0) is 6.42 Å². The van der Waals surface area contributed by atoms with Crippen molar-refractivity contribution in [3.8, 4) is 0 Å². The molecule has 1 heterocycles. The fraction of sp³-hybridized carbons (Fsp3) is 0.176. The topological polar surface area (TPSA) is 30.0 Å². The van der Waals surface area contributed by atoms with Gasteiger partial charge in [-0.25, -0.2) is 9.37 Å². The molecule has 0 saturated heterocycles. The molecule has 0 unspecified atom stereocenters. The summed E-state index contributed by atoms with van der Waals surface area (Å²) < 4.78 is 13.8. The smallest absolute Gasteiger partial charge is 0.170 e. The molecule has 0 N–H and O–H groups in total. The highest BCUT2D eigenvalue weighted by molar-refractivity contribution is 7.11. The van der Waals surface area contributed by atoms with Crippen molar-refractivity contribution in [1.82, 2.24) is 4.98 Å². The van der Waals surface area contributed by atoms with Gasteiger partial charge in [0.15, 0.2) is 5.78 Å². The largest absolute Gasteiger partial charge is 0.294 e.